The second-order valence-corrected chi connectivity index (χ2v) is 4.74. The van der Waals surface area contributed by atoms with Crippen molar-refractivity contribution >= 4 is 39.0 Å². The molecule has 0 spiro atoms. The van der Waals surface area contributed by atoms with E-state index in [4.69, 9.17) is 5.84 Å². The van der Waals surface area contributed by atoms with Crippen LogP contribution in [0.1, 0.15) is 10.4 Å². The Morgan fingerprint density at radius 3 is 2.71 bits per heavy atom. The highest BCUT2D eigenvalue weighted by atomic mass is 79.9. The molecular weight excluding hydrogens is 342 g/mol. The van der Waals surface area contributed by atoms with Gasteiger partial charge in [-0.3, -0.25) is 20.8 Å². The van der Waals surface area contributed by atoms with Crippen molar-refractivity contribution in [1.82, 2.24) is 4.98 Å². The van der Waals surface area contributed by atoms with Gasteiger partial charge >= 0.3 is 0 Å². The number of nitrogens with one attached hydrogen (secondary N) is 2. The fourth-order valence-electron chi connectivity index (χ4n) is 1.69. The molecule has 0 bridgehead atoms. The molecule has 0 saturated heterocycles. The monoisotopic (exact) mass is 351 g/mol. The van der Waals surface area contributed by atoms with Crippen LogP contribution in [-0.2, 0) is 0 Å². The molecule has 1 aromatic heterocycles. The number of para-hydroxylation sites is 1. The number of halogens is 1. The number of rotatable bonds is 4. The van der Waals surface area contributed by atoms with Gasteiger partial charge in [-0.05, 0) is 34.1 Å². The molecule has 8 nitrogen and oxygen atoms in total. The molecule has 1 amide bonds. The molecule has 108 valence electrons. The average molecular weight is 352 g/mol. The minimum Gasteiger partial charge on any atom is -0.318 e. The SMILES string of the molecule is NNc1c(C(=O)Nc2ncccc2Br)cccc1[N+](=O)[O-]. The maximum Gasteiger partial charge on any atom is 0.294 e. The zero-order chi connectivity index (χ0) is 15.4. The number of hydrogen-bond donors (Lipinski definition) is 3. The second-order valence-electron chi connectivity index (χ2n) is 3.89. The number of benzene rings is 1. The number of hydrogen-bond acceptors (Lipinski definition) is 6. The van der Waals surface area contributed by atoms with Crippen molar-refractivity contribution in [2.45, 2.75) is 0 Å². The van der Waals surface area contributed by atoms with Gasteiger partial charge in [-0.2, -0.15) is 0 Å². The summed E-state index contributed by atoms with van der Waals surface area (Å²) in [5, 5.41) is 13.5. The molecular formula is C12H10BrN5O3. The molecule has 0 fully saturated rings. The lowest BCUT2D eigenvalue weighted by molar-refractivity contribution is -0.384. The Hall–Kier alpha value is -2.52. The van der Waals surface area contributed by atoms with Crippen molar-refractivity contribution in [3.8, 4) is 0 Å². The molecule has 1 heterocycles. The maximum absolute atomic E-state index is 12.2. The number of nitrogens with two attached hydrogens (primary N) is 1. The van der Waals surface area contributed by atoms with E-state index >= 15 is 0 Å². The molecule has 0 unspecified atom stereocenters. The quantitative estimate of drug-likeness (QED) is 0.441. The van der Waals surface area contributed by atoms with Crippen LogP contribution < -0.4 is 16.6 Å². The van der Waals surface area contributed by atoms with Crippen LogP contribution in [-0.4, -0.2) is 15.8 Å². The summed E-state index contributed by atoms with van der Waals surface area (Å²) in [7, 11) is 0. The largest absolute Gasteiger partial charge is 0.318 e. The van der Waals surface area contributed by atoms with Crippen LogP contribution in [0.5, 0.6) is 0 Å². The summed E-state index contributed by atoms with van der Waals surface area (Å²) in [4.78, 5) is 26.5. The molecule has 2 aromatic rings. The van der Waals surface area contributed by atoms with Crippen LogP contribution in [0.2, 0.25) is 0 Å². The summed E-state index contributed by atoms with van der Waals surface area (Å²) in [5.41, 5.74) is 1.89. The number of anilines is 2. The average Bonchev–Trinajstić information content (AvgIpc) is 2.48. The summed E-state index contributed by atoms with van der Waals surface area (Å²) in [6, 6.07) is 7.48. The van der Waals surface area contributed by atoms with E-state index in [1.165, 1.54) is 24.4 Å². The van der Waals surface area contributed by atoms with Gasteiger partial charge in [-0.25, -0.2) is 4.98 Å². The first kappa shape index (κ1) is 14.9. The highest BCUT2D eigenvalue weighted by Crippen LogP contribution is 2.28. The Kier molecular flexibility index (Phi) is 4.45. The number of nitro groups is 1. The fourth-order valence-corrected chi connectivity index (χ4v) is 2.04. The first-order valence-corrected chi connectivity index (χ1v) is 6.49. The van der Waals surface area contributed by atoms with Gasteiger partial charge in [0.2, 0.25) is 0 Å². The second kappa shape index (κ2) is 6.29. The van der Waals surface area contributed by atoms with Crippen molar-refractivity contribution in [2.75, 3.05) is 10.7 Å². The highest BCUT2D eigenvalue weighted by Gasteiger charge is 2.21. The van der Waals surface area contributed by atoms with Gasteiger partial charge < -0.3 is 10.7 Å². The van der Waals surface area contributed by atoms with Crippen molar-refractivity contribution in [3.63, 3.8) is 0 Å². The number of hydrazine groups is 1. The molecule has 0 atom stereocenters. The molecule has 0 aliphatic carbocycles. The third-order valence-electron chi connectivity index (χ3n) is 2.62. The van der Waals surface area contributed by atoms with Gasteiger partial charge in [0.05, 0.1) is 15.0 Å². The number of amides is 1. The Balaban J connectivity index is 2.38. The third-order valence-corrected chi connectivity index (χ3v) is 3.26. The zero-order valence-electron chi connectivity index (χ0n) is 10.5. The highest BCUT2D eigenvalue weighted by molar-refractivity contribution is 9.10. The van der Waals surface area contributed by atoms with E-state index in [1.54, 1.807) is 12.1 Å². The minimum atomic E-state index is -0.622. The number of carbonyl (C=O) groups is 1. The van der Waals surface area contributed by atoms with Gasteiger partial charge in [0.25, 0.3) is 11.6 Å². The van der Waals surface area contributed by atoms with E-state index in [1.807, 2.05) is 0 Å². The third kappa shape index (κ3) is 3.15. The van der Waals surface area contributed by atoms with Crippen LogP contribution in [0.3, 0.4) is 0 Å². The Labute approximate surface area is 127 Å². The van der Waals surface area contributed by atoms with Gasteiger partial charge in [-0.1, -0.05) is 6.07 Å². The summed E-state index contributed by atoms with van der Waals surface area (Å²) < 4.78 is 0.589. The lowest BCUT2D eigenvalue weighted by Crippen LogP contribution is -2.19. The molecule has 4 N–H and O–H groups in total. The predicted molar refractivity (Wildman–Crippen MR) is 80.8 cm³/mol. The number of aromatic nitrogens is 1. The molecule has 0 aliphatic heterocycles. The number of nitro benzene ring substituents is 1. The summed E-state index contributed by atoms with van der Waals surface area (Å²) in [6.07, 6.45) is 1.51. The van der Waals surface area contributed by atoms with Crippen molar-refractivity contribution < 1.29 is 9.72 Å². The van der Waals surface area contributed by atoms with Gasteiger partial charge in [0.15, 0.2) is 0 Å². The van der Waals surface area contributed by atoms with Gasteiger partial charge in [-0.15, -0.1) is 0 Å². The lowest BCUT2D eigenvalue weighted by atomic mass is 10.1. The topological polar surface area (TPSA) is 123 Å². The smallest absolute Gasteiger partial charge is 0.294 e. The van der Waals surface area contributed by atoms with Crippen LogP contribution in [0.4, 0.5) is 17.2 Å². The first-order chi connectivity index (χ1) is 10.0. The molecule has 21 heavy (non-hydrogen) atoms. The standard InChI is InChI=1S/C12H10BrN5O3/c13-8-4-2-6-15-11(8)16-12(19)7-3-1-5-9(18(20)21)10(7)17-14/h1-6,17H,14H2,(H,15,16,19). The Bertz CT molecular complexity index is 707. The maximum atomic E-state index is 12.2. The van der Waals surface area contributed by atoms with Crippen molar-refractivity contribution in [3.05, 3.63) is 56.7 Å². The molecule has 0 saturated carbocycles. The van der Waals surface area contributed by atoms with E-state index in [0.717, 1.165) is 0 Å². The van der Waals surface area contributed by atoms with E-state index < -0.39 is 10.8 Å². The van der Waals surface area contributed by atoms with Crippen LogP contribution >= 0.6 is 15.9 Å². The molecule has 1 aromatic carbocycles. The van der Waals surface area contributed by atoms with E-state index in [-0.39, 0.29) is 16.9 Å². The number of pyridine rings is 1. The molecule has 0 aliphatic rings. The lowest BCUT2D eigenvalue weighted by Gasteiger charge is -2.10. The number of nitrogens with zero attached hydrogens (tertiary/aromatic N) is 2. The van der Waals surface area contributed by atoms with Crippen molar-refractivity contribution in [1.29, 1.82) is 0 Å². The first-order valence-electron chi connectivity index (χ1n) is 5.70. The van der Waals surface area contributed by atoms with Crippen LogP contribution in [0, 0.1) is 10.1 Å². The van der Waals surface area contributed by atoms with Crippen LogP contribution in [0.15, 0.2) is 41.0 Å². The summed E-state index contributed by atoms with van der Waals surface area (Å²) >= 11 is 3.24. The van der Waals surface area contributed by atoms with E-state index in [0.29, 0.717) is 10.3 Å². The molecule has 2 rings (SSSR count). The van der Waals surface area contributed by atoms with Gasteiger partial charge in [0.1, 0.15) is 11.5 Å². The van der Waals surface area contributed by atoms with Crippen LogP contribution in [0.25, 0.3) is 0 Å². The Morgan fingerprint density at radius 1 is 1.33 bits per heavy atom. The van der Waals surface area contributed by atoms with E-state index in [9.17, 15) is 14.9 Å². The van der Waals surface area contributed by atoms with Crippen molar-refractivity contribution in [2.24, 2.45) is 5.84 Å². The summed E-state index contributed by atoms with van der Waals surface area (Å²) in [5.74, 6) is 5.03. The minimum absolute atomic E-state index is 0.0456. The zero-order valence-corrected chi connectivity index (χ0v) is 12.1. The fraction of sp³-hybridized carbons (Fsp3) is 0. The predicted octanol–water partition coefficient (Wildman–Crippen LogP) is 2.29. The number of carbonyl (C=O) groups excluding carboxylic acids is 1. The van der Waals surface area contributed by atoms with E-state index in [2.05, 4.69) is 31.7 Å². The molecule has 9 heteroatoms. The summed E-state index contributed by atoms with van der Waals surface area (Å²) in [6.45, 7) is 0. The molecule has 0 radical (unpaired) electrons. The van der Waals surface area contributed by atoms with Gasteiger partial charge in [0, 0.05) is 12.3 Å². The normalized spacial score (nSPS) is 10.0. The Morgan fingerprint density at radius 2 is 2.10 bits per heavy atom. The number of nitrogen functional groups attached to an aromatic ring is 1.